The van der Waals surface area contributed by atoms with E-state index in [1.807, 2.05) is 37.3 Å². The highest BCUT2D eigenvalue weighted by Crippen LogP contribution is 2.27. The summed E-state index contributed by atoms with van der Waals surface area (Å²) < 4.78 is 8.82. The molecule has 0 bridgehead atoms. The van der Waals surface area contributed by atoms with Crippen LogP contribution in [0.15, 0.2) is 102 Å². The number of nitrogen functional groups attached to an aromatic ring is 1. The molecule has 3 aromatic carbocycles. The molecular weight excluding hydrogens is 480 g/mol. The molecule has 0 fully saturated rings. The standard InChI is InChI=1S/C29H26N6O3/c1-3-4-13-25(36)33(2)21-9-8-10-22(18-21)35-28-26(27(30)31-19-32-28)34(29(35)37)20-14-16-24(17-15-20)38-23-11-6-5-7-12-23/h4-19H,3H2,1-2H3,(H2,30,31,32)/b13-4+. The molecule has 0 atom stereocenters. The van der Waals surface area contributed by atoms with E-state index in [0.717, 1.165) is 6.42 Å². The third kappa shape index (κ3) is 4.64. The molecule has 38 heavy (non-hydrogen) atoms. The highest BCUT2D eigenvalue weighted by Gasteiger charge is 2.21. The SMILES string of the molecule is CC/C=C/C(=O)N(C)c1cccc(-n2c(=O)n(-c3ccc(Oc4ccccc4)cc3)c3c(N)ncnc32)c1. The fraction of sp³-hybridized carbons (Fsp3) is 0.103. The molecule has 9 nitrogen and oxygen atoms in total. The van der Waals surface area contributed by atoms with Crippen molar-refractivity contribution in [2.24, 2.45) is 0 Å². The number of hydrogen-bond acceptors (Lipinski definition) is 6. The molecule has 0 aliphatic carbocycles. The van der Waals surface area contributed by atoms with Gasteiger partial charge in [-0.3, -0.25) is 9.36 Å². The van der Waals surface area contributed by atoms with Crippen LogP contribution in [0.4, 0.5) is 11.5 Å². The van der Waals surface area contributed by atoms with Gasteiger partial charge in [-0.2, -0.15) is 0 Å². The first-order valence-corrected chi connectivity index (χ1v) is 12.1. The van der Waals surface area contributed by atoms with E-state index in [1.54, 1.807) is 61.7 Å². The summed E-state index contributed by atoms with van der Waals surface area (Å²) in [5, 5.41) is 0. The van der Waals surface area contributed by atoms with Crippen molar-refractivity contribution in [2.75, 3.05) is 17.7 Å². The molecule has 0 radical (unpaired) electrons. The van der Waals surface area contributed by atoms with E-state index in [4.69, 9.17) is 10.5 Å². The molecule has 0 saturated heterocycles. The van der Waals surface area contributed by atoms with Gasteiger partial charge in [-0.25, -0.2) is 19.3 Å². The lowest BCUT2D eigenvalue weighted by Gasteiger charge is -2.16. The highest BCUT2D eigenvalue weighted by atomic mass is 16.5. The highest BCUT2D eigenvalue weighted by molar-refractivity contribution is 6.01. The van der Waals surface area contributed by atoms with Crippen LogP contribution in [0.1, 0.15) is 13.3 Å². The van der Waals surface area contributed by atoms with Crippen LogP contribution in [0, 0.1) is 0 Å². The molecule has 0 aliphatic rings. The largest absolute Gasteiger partial charge is 0.457 e. The van der Waals surface area contributed by atoms with Crippen LogP contribution in [-0.2, 0) is 4.79 Å². The maximum atomic E-state index is 13.9. The maximum Gasteiger partial charge on any atom is 0.339 e. The van der Waals surface area contributed by atoms with E-state index in [9.17, 15) is 9.59 Å². The Hall–Kier alpha value is -5.18. The average Bonchev–Trinajstić information content (AvgIpc) is 3.25. The molecule has 2 aromatic heterocycles. The van der Waals surface area contributed by atoms with Crippen molar-refractivity contribution in [3.05, 3.63) is 108 Å². The van der Waals surface area contributed by atoms with Crippen molar-refractivity contribution >= 4 is 28.6 Å². The summed E-state index contributed by atoms with van der Waals surface area (Å²) in [5.41, 5.74) is 8.35. The topological polar surface area (TPSA) is 108 Å². The summed E-state index contributed by atoms with van der Waals surface area (Å²) in [6.07, 6.45) is 5.42. The summed E-state index contributed by atoms with van der Waals surface area (Å²) in [6.45, 7) is 1.96. The quantitative estimate of drug-likeness (QED) is 0.315. The molecule has 5 rings (SSSR count). The predicted octanol–water partition coefficient (Wildman–Crippen LogP) is 4.87. The molecule has 9 heteroatoms. The molecule has 0 aliphatic heterocycles. The van der Waals surface area contributed by atoms with E-state index in [0.29, 0.717) is 39.7 Å². The number of carbonyl (C=O) groups excluding carboxylic acids is 1. The van der Waals surface area contributed by atoms with Gasteiger partial charge in [0.1, 0.15) is 23.3 Å². The van der Waals surface area contributed by atoms with Crippen LogP contribution in [-0.4, -0.2) is 32.1 Å². The third-order valence-corrected chi connectivity index (χ3v) is 6.03. The predicted molar refractivity (Wildman–Crippen MR) is 148 cm³/mol. The minimum Gasteiger partial charge on any atom is -0.457 e. The summed E-state index contributed by atoms with van der Waals surface area (Å²) in [6, 6.07) is 23.7. The Morgan fingerprint density at radius 3 is 2.42 bits per heavy atom. The van der Waals surface area contributed by atoms with Crippen molar-refractivity contribution in [1.29, 1.82) is 0 Å². The van der Waals surface area contributed by atoms with Crippen molar-refractivity contribution in [2.45, 2.75) is 13.3 Å². The zero-order chi connectivity index (χ0) is 26.6. The van der Waals surface area contributed by atoms with Gasteiger partial charge < -0.3 is 15.4 Å². The number of para-hydroxylation sites is 1. The van der Waals surface area contributed by atoms with E-state index >= 15 is 0 Å². The Bertz CT molecular complexity index is 1690. The number of hydrogen-bond donors (Lipinski definition) is 1. The number of ether oxygens (including phenoxy) is 1. The minimum absolute atomic E-state index is 0.164. The van der Waals surface area contributed by atoms with E-state index in [-0.39, 0.29) is 17.4 Å². The molecule has 0 spiro atoms. The Morgan fingerprint density at radius 1 is 0.947 bits per heavy atom. The summed E-state index contributed by atoms with van der Waals surface area (Å²) in [4.78, 5) is 36.4. The number of allylic oxidation sites excluding steroid dienone is 1. The second kappa shape index (κ2) is 10.4. The number of likely N-dealkylation sites (N-methyl/N-ethyl adjacent to an activating group) is 1. The maximum absolute atomic E-state index is 13.9. The van der Waals surface area contributed by atoms with Gasteiger partial charge in [-0.05, 0) is 67.1 Å². The smallest absolute Gasteiger partial charge is 0.339 e. The fourth-order valence-corrected chi connectivity index (χ4v) is 4.11. The molecule has 2 heterocycles. The van der Waals surface area contributed by atoms with E-state index in [2.05, 4.69) is 9.97 Å². The van der Waals surface area contributed by atoms with Gasteiger partial charge in [0.05, 0.1) is 11.4 Å². The number of rotatable bonds is 7. The van der Waals surface area contributed by atoms with Gasteiger partial charge in [0.25, 0.3) is 0 Å². The number of aromatic nitrogens is 4. The van der Waals surface area contributed by atoms with Crippen LogP contribution < -0.4 is 21.1 Å². The Labute approximate surface area is 219 Å². The van der Waals surface area contributed by atoms with Crippen LogP contribution in [0.3, 0.4) is 0 Å². The first-order chi connectivity index (χ1) is 18.5. The summed E-state index contributed by atoms with van der Waals surface area (Å²) in [7, 11) is 1.69. The lowest BCUT2D eigenvalue weighted by Crippen LogP contribution is -2.25. The molecular formula is C29H26N6O3. The number of nitrogens with zero attached hydrogens (tertiary/aromatic N) is 5. The van der Waals surface area contributed by atoms with Gasteiger partial charge in [-0.1, -0.05) is 37.3 Å². The normalized spacial score (nSPS) is 11.2. The number of fused-ring (bicyclic) bond motifs is 1. The fourth-order valence-electron chi connectivity index (χ4n) is 4.11. The zero-order valence-corrected chi connectivity index (χ0v) is 21.0. The average molecular weight is 507 g/mol. The Balaban J connectivity index is 1.59. The summed E-state index contributed by atoms with van der Waals surface area (Å²) in [5.74, 6) is 1.34. The molecule has 0 unspecified atom stereocenters. The summed E-state index contributed by atoms with van der Waals surface area (Å²) >= 11 is 0. The molecule has 190 valence electrons. The zero-order valence-electron chi connectivity index (χ0n) is 21.0. The molecule has 0 saturated carbocycles. The molecule has 5 aromatic rings. The number of amides is 1. The van der Waals surface area contributed by atoms with E-state index in [1.165, 1.54) is 26.4 Å². The number of benzene rings is 3. The van der Waals surface area contributed by atoms with Gasteiger partial charge in [0.15, 0.2) is 11.5 Å². The minimum atomic E-state index is -0.374. The number of nitrogens with two attached hydrogens (primary N) is 1. The van der Waals surface area contributed by atoms with Gasteiger partial charge in [-0.15, -0.1) is 0 Å². The van der Waals surface area contributed by atoms with Crippen LogP contribution in [0.2, 0.25) is 0 Å². The molecule has 2 N–H and O–H groups in total. The van der Waals surface area contributed by atoms with Crippen LogP contribution in [0.25, 0.3) is 22.5 Å². The Morgan fingerprint density at radius 2 is 1.68 bits per heavy atom. The monoisotopic (exact) mass is 506 g/mol. The van der Waals surface area contributed by atoms with Crippen molar-refractivity contribution < 1.29 is 9.53 Å². The van der Waals surface area contributed by atoms with Crippen LogP contribution in [0.5, 0.6) is 11.5 Å². The second-order valence-electron chi connectivity index (χ2n) is 8.52. The van der Waals surface area contributed by atoms with Crippen LogP contribution >= 0.6 is 0 Å². The van der Waals surface area contributed by atoms with Crippen molar-refractivity contribution in [1.82, 2.24) is 19.1 Å². The first kappa shape index (κ1) is 24.5. The van der Waals surface area contributed by atoms with Crippen molar-refractivity contribution in [3.63, 3.8) is 0 Å². The number of anilines is 2. The lowest BCUT2D eigenvalue weighted by atomic mass is 10.2. The third-order valence-electron chi connectivity index (χ3n) is 6.03. The molecule has 1 amide bonds. The first-order valence-electron chi connectivity index (χ1n) is 12.1. The Kier molecular flexibility index (Phi) is 6.73. The van der Waals surface area contributed by atoms with E-state index < -0.39 is 0 Å². The lowest BCUT2D eigenvalue weighted by molar-refractivity contribution is -0.113. The van der Waals surface area contributed by atoms with Gasteiger partial charge in [0, 0.05) is 12.7 Å². The number of carbonyl (C=O) groups is 1. The van der Waals surface area contributed by atoms with Gasteiger partial charge in [0.2, 0.25) is 5.91 Å². The van der Waals surface area contributed by atoms with Gasteiger partial charge >= 0.3 is 5.69 Å². The second-order valence-corrected chi connectivity index (χ2v) is 8.52. The van der Waals surface area contributed by atoms with Crippen molar-refractivity contribution in [3.8, 4) is 22.9 Å². The number of imidazole rings is 1.